The largest absolute Gasteiger partial charge is 0.351 e. The van der Waals surface area contributed by atoms with E-state index in [2.05, 4.69) is 62.3 Å². The summed E-state index contributed by atoms with van der Waals surface area (Å²) in [4.78, 5) is 11.8. The molecule has 44 heavy (non-hydrogen) atoms. The van der Waals surface area contributed by atoms with Crippen LogP contribution >= 0.6 is 15.9 Å². The van der Waals surface area contributed by atoms with E-state index in [4.69, 9.17) is 4.98 Å². The number of hydrogen-bond acceptors (Lipinski definition) is 6. The Labute approximate surface area is 274 Å². The van der Waals surface area contributed by atoms with E-state index in [1.54, 1.807) is 0 Å². The molecule has 0 spiro atoms. The van der Waals surface area contributed by atoms with Crippen molar-refractivity contribution >= 4 is 43.4 Å². The van der Waals surface area contributed by atoms with Gasteiger partial charge >= 0.3 is 0 Å². The molecule has 1 aromatic heterocycles. The van der Waals surface area contributed by atoms with Crippen LogP contribution < -0.4 is 10.2 Å². The fraction of sp³-hybridized carbons (Fsp3) is 0.714. The number of anilines is 3. The van der Waals surface area contributed by atoms with Crippen molar-refractivity contribution in [3.63, 3.8) is 0 Å². The van der Waals surface area contributed by atoms with Gasteiger partial charge in [-0.25, -0.2) is 17.7 Å². The van der Waals surface area contributed by atoms with Crippen LogP contribution in [0.5, 0.6) is 0 Å². The molecule has 2 saturated carbocycles. The third kappa shape index (κ3) is 7.15. The normalized spacial score (nSPS) is 27.0. The van der Waals surface area contributed by atoms with Crippen molar-refractivity contribution in [1.29, 1.82) is 0 Å². The Morgan fingerprint density at radius 2 is 1.52 bits per heavy atom. The summed E-state index contributed by atoms with van der Waals surface area (Å²) in [5.74, 6) is 2.99. The minimum absolute atomic E-state index is 0.151. The van der Waals surface area contributed by atoms with E-state index in [0.29, 0.717) is 25.0 Å². The second-order valence-corrected chi connectivity index (χ2v) is 17.5. The van der Waals surface area contributed by atoms with Crippen LogP contribution in [-0.2, 0) is 16.4 Å². The third-order valence-electron chi connectivity index (χ3n) is 11.2. The first-order valence-electron chi connectivity index (χ1n) is 17.5. The van der Waals surface area contributed by atoms with Gasteiger partial charge in [-0.1, -0.05) is 82.4 Å². The molecule has 9 heteroatoms. The lowest BCUT2D eigenvalue weighted by Gasteiger charge is -2.41. The maximum Gasteiger partial charge on any atom is 0.224 e. The predicted molar refractivity (Wildman–Crippen MR) is 184 cm³/mol. The number of aryl methyl sites for hydroxylation is 1. The number of aromatic nitrogens is 2. The summed E-state index contributed by atoms with van der Waals surface area (Å²) in [6.07, 6.45) is 21.3. The average molecular weight is 687 g/mol. The molecule has 0 amide bonds. The van der Waals surface area contributed by atoms with E-state index in [1.807, 2.05) is 10.5 Å². The lowest BCUT2D eigenvalue weighted by Crippen LogP contribution is -2.51. The molecule has 1 aromatic carbocycles. The molecule has 2 aliphatic heterocycles. The number of fused-ring (bicyclic) bond motifs is 1. The molecule has 1 N–H and O–H groups in total. The molecule has 2 unspecified atom stereocenters. The summed E-state index contributed by atoms with van der Waals surface area (Å²) in [5, 5.41) is 3.55. The first kappa shape index (κ1) is 32.2. The highest BCUT2D eigenvalue weighted by Gasteiger charge is 2.45. The van der Waals surface area contributed by atoms with Crippen molar-refractivity contribution in [1.82, 2.24) is 14.3 Å². The summed E-state index contributed by atoms with van der Waals surface area (Å²) in [6, 6.07) is 8.71. The molecular weight excluding hydrogens is 634 g/mol. The molecule has 3 fully saturated rings. The average Bonchev–Trinajstić information content (AvgIpc) is 3.01. The zero-order valence-corrected chi connectivity index (χ0v) is 29.1. The monoisotopic (exact) mass is 685 g/mol. The Kier molecular flexibility index (Phi) is 10.5. The summed E-state index contributed by atoms with van der Waals surface area (Å²) < 4.78 is 30.5. The van der Waals surface area contributed by atoms with E-state index in [1.165, 1.54) is 69.0 Å². The van der Waals surface area contributed by atoms with Crippen molar-refractivity contribution in [2.24, 2.45) is 11.8 Å². The van der Waals surface area contributed by atoms with Gasteiger partial charge in [0.25, 0.3) is 0 Å². The van der Waals surface area contributed by atoms with Gasteiger partial charge < -0.3 is 10.2 Å². The second kappa shape index (κ2) is 14.4. The minimum Gasteiger partial charge on any atom is -0.351 e. The fourth-order valence-electron chi connectivity index (χ4n) is 8.46. The van der Waals surface area contributed by atoms with Crippen molar-refractivity contribution in [2.75, 3.05) is 29.9 Å². The Bertz CT molecular complexity index is 1360. The zero-order valence-electron chi connectivity index (χ0n) is 26.7. The van der Waals surface area contributed by atoms with Gasteiger partial charge in [-0.3, -0.25) is 0 Å². The molecule has 0 bridgehead atoms. The Morgan fingerprint density at radius 3 is 2.30 bits per heavy atom. The first-order chi connectivity index (χ1) is 21.3. The number of hydrogen-bond donors (Lipinski definition) is 1. The van der Waals surface area contributed by atoms with Gasteiger partial charge in [0.1, 0.15) is 0 Å². The Balaban J connectivity index is 1.07. The molecule has 0 radical (unpaired) electrons. The molecule has 242 valence electrons. The number of rotatable bonds is 6. The van der Waals surface area contributed by atoms with Crippen LogP contribution in [0.4, 0.5) is 17.5 Å². The fourth-order valence-corrected chi connectivity index (χ4v) is 11.0. The summed E-state index contributed by atoms with van der Waals surface area (Å²) in [6.45, 7) is 4.10. The minimum atomic E-state index is -3.38. The van der Waals surface area contributed by atoms with Gasteiger partial charge in [-0.2, -0.15) is 4.98 Å². The van der Waals surface area contributed by atoms with Crippen LogP contribution in [0, 0.1) is 11.8 Å². The molecule has 2 aliphatic carbocycles. The molecule has 7 nitrogen and oxygen atoms in total. The Morgan fingerprint density at radius 1 is 0.841 bits per heavy atom. The number of halogens is 1. The van der Waals surface area contributed by atoms with Crippen molar-refractivity contribution < 1.29 is 8.42 Å². The highest BCUT2D eigenvalue weighted by atomic mass is 79.9. The van der Waals surface area contributed by atoms with Crippen molar-refractivity contribution in [3.8, 4) is 0 Å². The second-order valence-electron chi connectivity index (χ2n) is 14.2. The molecular formula is C35H52BrN5O2S. The summed E-state index contributed by atoms with van der Waals surface area (Å²) >= 11 is 3.69. The van der Waals surface area contributed by atoms with Gasteiger partial charge in [0, 0.05) is 37.6 Å². The van der Waals surface area contributed by atoms with E-state index in [0.717, 1.165) is 74.1 Å². The van der Waals surface area contributed by atoms with Crippen molar-refractivity contribution in [3.05, 3.63) is 40.5 Å². The van der Waals surface area contributed by atoms with E-state index < -0.39 is 14.8 Å². The van der Waals surface area contributed by atoms with Gasteiger partial charge in [-0.15, -0.1) is 0 Å². The van der Waals surface area contributed by atoms with E-state index >= 15 is 0 Å². The quantitative estimate of drug-likeness (QED) is 0.328. The molecule has 2 atom stereocenters. The summed E-state index contributed by atoms with van der Waals surface area (Å²) in [5.41, 5.74) is 2.56. The molecule has 2 aromatic rings. The number of nitrogens with one attached hydrogen (secondary N) is 1. The van der Waals surface area contributed by atoms with Crippen LogP contribution in [0.1, 0.15) is 115 Å². The maximum absolute atomic E-state index is 14.2. The molecule has 4 aliphatic rings. The van der Waals surface area contributed by atoms with Gasteiger partial charge in [0.15, 0.2) is 5.82 Å². The van der Waals surface area contributed by atoms with Crippen LogP contribution in [-0.4, -0.2) is 53.1 Å². The highest BCUT2D eigenvalue weighted by molar-refractivity contribution is 9.10. The smallest absolute Gasteiger partial charge is 0.224 e. The van der Waals surface area contributed by atoms with Gasteiger partial charge in [0.2, 0.25) is 16.0 Å². The van der Waals surface area contributed by atoms with Crippen LogP contribution in [0.2, 0.25) is 0 Å². The lowest BCUT2D eigenvalue weighted by atomic mass is 9.74. The summed E-state index contributed by atoms with van der Waals surface area (Å²) in [7, 11) is -3.38. The number of benzene rings is 1. The predicted octanol–water partition coefficient (Wildman–Crippen LogP) is 8.62. The SMILES string of the molecule is CC1(S(=O)(=O)N2CCC(Nc3ncc(Br)c(N4CCCc5ccccc54)n3)CC2)CCCCC(C2CCCCCCC2)CC1. The van der Waals surface area contributed by atoms with E-state index in [9.17, 15) is 8.42 Å². The van der Waals surface area contributed by atoms with Crippen molar-refractivity contribution in [2.45, 2.75) is 127 Å². The van der Waals surface area contributed by atoms with Gasteiger partial charge in [0.05, 0.1) is 9.22 Å². The molecule has 1 saturated heterocycles. The number of sulfonamides is 1. The topological polar surface area (TPSA) is 78.4 Å². The standard InChI is InChI=1S/C35H52BrN5O2S/c1-35(21-10-9-14-28(18-22-35)27-12-5-3-2-4-6-13-27)44(42,43)40-24-19-30(20-25-40)38-34-37-26-31(36)33(39-34)41-23-11-16-29-15-7-8-17-32(29)41/h7-8,15,17,26-28,30H,2-6,9-14,16,18-25H2,1H3,(H,37,38,39). The maximum atomic E-state index is 14.2. The van der Waals surface area contributed by atoms with Crippen LogP contribution in [0.3, 0.4) is 0 Å². The van der Waals surface area contributed by atoms with Gasteiger partial charge in [-0.05, 0) is 91.3 Å². The number of nitrogens with zero attached hydrogens (tertiary/aromatic N) is 4. The number of para-hydroxylation sites is 1. The highest BCUT2D eigenvalue weighted by Crippen LogP contribution is 2.42. The number of piperidine rings is 1. The van der Waals surface area contributed by atoms with E-state index in [-0.39, 0.29) is 6.04 Å². The lowest BCUT2D eigenvalue weighted by molar-refractivity contribution is 0.207. The van der Waals surface area contributed by atoms with Crippen LogP contribution in [0.25, 0.3) is 0 Å². The molecule has 6 rings (SSSR count). The third-order valence-corrected chi connectivity index (χ3v) is 14.5. The van der Waals surface area contributed by atoms with Crippen LogP contribution in [0.15, 0.2) is 34.9 Å². The zero-order chi connectivity index (χ0) is 30.6. The first-order valence-corrected chi connectivity index (χ1v) is 19.7. The Hall–Kier alpha value is -1.71. The molecule has 3 heterocycles.